The highest BCUT2D eigenvalue weighted by Gasteiger charge is 2.56. The number of hydrogen-bond donors (Lipinski definition) is 0. The number of rotatable bonds is 0. The van der Waals surface area contributed by atoms with Crippen LogP contribution in [0.2, 0.25) is 0 Å². The minimum Gasteiger partial charge on any atom is -0.456 e. The van der Waals surface area contributed by atoms with Crippen molar-refractivity contribution in [3.8, 4) is 0 Å². The van der Waals surface area contributed by atoms with Gasteiger partial charge >= 0.3 is 5.97 Å². The topological polar surface area (TPSA) is 26.3 Å². The molecule has 2 rings (SSSR count). The maximum atomic E-state index is 10.9. The second-order valence-electron chi connectivity index (χ2n) is 3.21. The molecule has 1 heterocycles. The van der Waals surface area contributed by atoms with Crippen LogP contribution in [0.3, 0.4) is 0 Å². The van der Waals surface area contributed by atoms with Crippen LogP contribution in [0.4, 0.5) is 0 Å². The number of halogens is 1. The van der Waals surface area contributed by atoms with Crippen molar-refractivity contribution in [2.24, 2.45) is 5.92 Å². The van der Waals surface area contributed by atoms with Crippen molar-refractivity contribution in [1.29, 1.82) is 0 Å². The van der Waals surface area contributed by atoms with Crippen LogP contribution >= 0.6 is 15.9 Å². The molecule has 1 saturated heterocycles. The molecule has 0 N–H and O–H groups in total. The zero-order valence-electron chi connectivity index (χ0n) is 6.21. The van der Waals surface area contributed by atoms with Crippen molar-refractivity contribution < 1.29 is 9.53 Å². The summed E-state index contributed by atoms with van der Waals surface area (Å²) in [5, 5.41) is 0. The van der Waals surface area contributed by atoms with E-state index >= 15 is 0 Å². The number of hydrogen-bond acceptors (Lipinski definition) is 2. The number of ether oxygens (including phenoxy) is 1. The molecular weight excluding hydrogens is 208 g/mol. The average molecular weight is 217 g/mol. The van der Waals surface area contributed by atoms with Gasteiger partial charge in [-0.25, -0.2) is 0 Å². The van der Waals surface area contributed by atoms with Crippen molar-refractivity contribution in [1.82, 2.24) is 0 Å². The Labute approximate surface area is 73.7 Å². The van der Waals surface area contributed by atoms with Crippen LogP contribution in [0.15, 0.2) is 12.2 Å². The number of fused-ring (bicyclic) bond motifs is 1. The highest BCUT2D eigenvalue weighted by Crippen LogP contribution is 2.45. The first-order valence-corrected chi connectivity index (χ1v) is 4.60. The van der Waals surface area contributed by atoms with Crippen LogP contribution in [-0.4, -0.2) is 16.4 Å². The lowest BCUT2D eigenvalue weighted by atomic mass is 9.76. The van der Waals surface area contributed by atoms with Crippen molar-refractivity contribution in [2.75, 3.05) is 0 Å². The van der Waals surface area contributed by atoms with Gasteiger partial charge in [0.05, 0.1) is 4.83 Å². The van der Waals surface area contributed by atoms with Crippen molar-refractivity contribution in [2.45, 2.75) is 23.8 Å². The Hall–Kier alpha value is -0.310. The molecule has 1 fully saturated rings. The predicted molar refractivity (Wildman–Crippen MR) is 44.5 cm³/mol. The SMILES string of the molecule is C[C@@]12OC(=O)[C@H]1C=CC[C@H]2Br. The quantitative estimate of drug-likeness (QED) is 0.350. The van der Waals surface area contributed by atoms with Crippen molar-refractivity contribution in [3.63, 3.8) is 0 Å². The number of carbonyl (C=O) groups is 1. The third-order valence-corrected chi connectivity index (χ3v) is 3.77. The summed E-state index contributed by atoms with van der Waals surface area (Å²) in [6.07, 6.45) is 4.93. The van der Waals surface area contributed by atoms with Gasteiger partial charge in [-0.15, -0.1) is 0 Å². The van der Waals surface area contributed by atoms with E-state index in [-0.39, 0.29) is 22.3 Å². The molecule has 2 nitrogen and oxygen atoms in total. The maximum absolute atomic E-state index is 10.9. The third kappa shape index (κ3) is 0.804. The fraction of sp³-hybridized carbons (Fsp3) is 0.625. The molecule has 11 heavy (non-hydrogen) atoms. The molecule has 0 amide bonds. The molecule has 3 atom stereocenters. The lowest BCUT2D eigenvalue weighted by Gasteiger charge is -2.48. The lowest BCUT2D eigenvalue weighted by molar-refractivity contribution is -0.202. The molecule has 0 bridgehead atoms. The van der Waals surface area contributed by atoms with E-state index < -0.39 is 0 Å². The van der Waals surface area contributed by atoms with Gasteiger partial charge < -0.3 is 4.74 Å². The number of allylic oxidation sites excluding steroid dienone is 1. The monoisotopic (exact) mass is 216 g/mol. The summed E-state index contributed by atoms with van der Waals surface area (Å²) in [7, 11) is 0. The Balaban J connectivity index is 2.30. The van der Waals surface area contributed by atoms with Gasteiger partial charge in [0.2, 0.25) is 0 Å². The summed E-state index contributed by atoms with van der Waals surface area (Å²) in [5.74, 6) is -0.103. The first-order chi connectivity index (χ1) is 5.14. The zero-order valence-corrected chi connectivity index (χ0v) is 7.80. The fourth-order valence-corrected chi connectivity index (χ4v) is 2.21. The molecule has 2 aliphatic rings. The molecule has 0 radical (unpaired) electrons. The van der Waals surface area contributed by atoms with Gasteiger partial charge in [0.25, 0.3) is 0 Å². The Bertz CT molecular complexity index is 236. The number of alkyl halides is 1. The molecule has 3 heteroatoms. The van der Waals surface area contributed by atoms with Gasteiger partial charge in [0, 0.05) is 0 Å². The van der Waals surface area contributed by atoms with Crippen LogP contribution in [0.25, 0.3) is 0 Å². The second-order valence-corrected chi connectivity index (χ2v) is 4.32. The van der Waals surface area contributed by atoms with Crippen LogP contribution in [0.5, 0.6) is 0 Å². The summed E-state index contributed by atoms with van der Waals surface area (Å²) in [4.78, 5) is 11.2. The molecule has 0 aromatic rings. The van der Waals surface area contributed by atoms with E-state index in [1.807, 2.05) is 19.1 Å². The normalized spacial score (nSPS) is 47.6. The summed E-state index contributed by atoms with van der Waals surface area (Å²) in [6, 6.07) is 0. The second kappa shape index (κ2) is 2.09. The molecule has 1 aliphatic carbocycles. The summed E-state index contributed by atoms with van der Waals surface area (Å²) >= 11 is 3.50. The largest absolute Gasteiger partial charge is 0.456 e. The molecule has 0 aromatic carbocycles. The molecular formula is C8H9BrO2. The van der Waals surface area contributed by atoms with Crippen LogP contribution in [0, 0.1) is 5.92 Å². The first kappa shape index (κ1) is 7.35. The highest BCUT2D eigenvalue weighted by atomic mass is 79.9. The number of esters is 1. The Morgan fingerprint density at radius 3 is 3.09 bits per heavy atom. The zero-order chi connectivity index (χ0) is 8.06. The van der Waals surface area contributed by atoms with E-state index in [2.05, 4.69) is 15.9 Å². The molecule has 0 saturated carbocycles. The summed E-state index contributed by atoms with van der Waals surface area (Å²) in [5.41, 5.74) is -0.272. The van der Waals surface area contributed by atoms with E-state index in [9.17, 15) is 4.79 Å². The molecule has 0 spiro atoms. The molecule has 0 aromatic heterocycles. The Morgan fingerprint density at radius 2 is 2.55 bits per heavy atom. The molecule has 1 aliphatic heterocycles. The van der Waals surface area contributed by atoms with Gasteiger partial charge in [0.1, 0.15) is 11.5 Å². The Kier molecular flexibility index (Phi) is 1.40. The summed E-state index contributed by atoms with van der Waals surface area (Å²) < 4.78 is 5.11. The summed E-state index contributed by atoms with van der Waals surface area (Å²) in [6.45, 7) is 1.97. The van der Waals surface area contributed by atoms with E-state index in [1.165, 1.54) is 0 Å². The van der Waals surface area contributed by atoms with Crippen LogP contribution in [0.1, 0.15) is 13.3 Å². The Morgan fingerprint density at radius 1 is 1.82 bits per heavy atom. The van der Waals surface area contributed by atoms with Crippen molar-refractivity contribution in [3.05, 3.63) is 12.2 Å². The average Bonchev–Trinajstić information content (AvgIpc) is 1.95. The van der Waals surface area contributed by atoms with E-state index in [4.69, 9.17) is 4.74 Å². The standard InChI is InChI=1S/C8H9BrO2/c1-8-5(7(10)11-8)3-2-4-6(8)9/h2-3,5-6H,4H2,1H3/t5-,6-,8-/m1/s1. The maximum Gasteiger partial charge on any atom is 0.317 e. The number of carbonyl (C=O) groups excluding carboxylic acids is 1. The van der Waals surface area contributed by atoms with Gasteiger partial charge in [-0.05, 0) is 13.3 Å². The van der Waals surface area contributed by atoms with Crippen molar-refractivity contribution >= 4 is 21.9 Å². The predicted octanol–water partition coefficient (Wildman–Crippen LogP) is 1.64. The highest BCUT2D eigenvalue weighted by molar-refractivity contribution is 9.09. The smallest absolute Gasteiger partial charge is 0.317 e. The van der Waals surface area contributed by atoms with Gasteiger partial charge in [-0.3, -0.25) is 4.79 Å². The molecule has 0 unspecified atom stereocenters. The first-order valence-electron chi connectivity index (χ1n) is 3.68. The van der Waals surface area contributed by atoms with E-state index in [0.29, 0.717) is 0 Å². The van der Waals surface area contributed by atoms with E-state index in [1.54, 1.807) is 0 Å². The molecule has 60 valence electrons. The fourth-order valence-electron chi connectivity index (χ4n) is 1.62. The van der Waals surface area contributed by atoms with Crippen LogP contribution in [-0.2, 0) is 9.53 Å². The van der Waals surface area contributed by atoms with Gasteiger partial charge in [-0.1, -0.05) is 28.1 Å². The third-order valence-electron chi connectivity index (χ3n) is 2.49. The van der Waals surface area contributed by atoms with Gasteiger partial charge in [0.15, 0.2) is 0 Å². The minimum absolute atomic E-state index is 0.0133. The van der Waals surface area contributed by atoms with E-state index in [0.717, 1.165) is 6.42 Å². The minimum atomic E-state index is -0.272. The lowest BCUT2D eigenvalue weighted by Crippen LogP contribution is -2.60. The van der Waals surface area contributed by atoms with Crippen LogP contribution < -0.4 is 0 Å². The van der Waals surface area contributed by atoms with Gasteiger partial charge in [-0.2, -0.15) is 0 Å².